The summed E-state index contributed by atoms with van der Waals surface area (Å²) in [6, 6.07) is 3.69. The van der Waals surface area contributed by atoms with Crippen molar-refractivity contribution < 1.29 is 9.53 Å². The Morgan fingerprint density at radius 1 is 1.19 bits per heavy atom. The molecule has 0 radical (unpaired) electrons. The van der Waals surface area contributed by atoms with Crippen molar-refractivity contribution in [3.05, 3.63) is 42.5 Å². The van der Waals surface area contributed by atoms with Gasteiger partial charge in [-0.05, 0) is 39.1 Å². The number of nitrogens with zero attached hydrogens (tertiary/aromatic N) is 5. The van der Waals surface area contributed by atoms with Gasteiger partial charge in [-0.3, -0.25) is 9.78 Å². The van der Waals surface area contributed by atoms with Crippen molar-refractivity contribution in [2.75, 3.05) is 40.3 Å². The number of aromatic nitrogens is 3. The first kappa shape index (κ1) is 18.4. The molecule has 2 aromatic heterocycles. The maximum absolute atomic E-state index is 13.0. The molecule has 0 N–H and O–H groups in total. The Balaban J connectivity index is 1.72. The van der Waals surface area contributed by atoms with E-state index in [1.54, 1.807) is 24.8 Å². The first-order chi connectivity index (χ1) is 12.6. The van der Waals surface area contributed by atoms with Crippen LogP contribution in [0.1, 0.15) is 23.2 Å². The van der Waals surface area contributed by atoms with Crippen LogP contribution >= 0.6 is 0 Å². The monoisotopic (exact) mass is 355 g/mol. The summed E-state index contributed by atoms with van der Waals surface area (Å²) in [6.07, 6.45) is 8.78. The quantitative estimate of drug-likeness (QED) is 0.753. The molecular formula is C19H25N5O2. The molecular weight excluding hydrogens is 330 g/mol. The lowest BCUT2D eigenvalue weighted by Gasteiger charge is -2.26. The molecule has 1 amide bonds. The lowest BCUT2D eigenvalue weighted by atomic mass is 10.2. The fourth-order valence-corrected chi connectivity index (χ4v) is 2.90. The largest absolute Gasteiger partial charge is 0.376 e. The Hall–Kier alpha value is -2.38. The maximum atomic E-state index is 13.0. The minimum absolute atomic E-state index is 0.0522. The summed E-state index contributed by atoms with van der Waals surface area (Å²) in [6.45, 7) is 2.84. The number of amides is 1. The van der Waals surface area contributed by atoms with Crippen LogP contribution in [-0.2, 0) is 4.74 Å². The summed E-state index contributed by atoms with van der Waals surface area (Å²) in [4.78, 5) is 29.6. The van der Waals surface area contributed by atoms with Gasteiger partial charge in [0.25, 0.3) is 5.91 Å². The minimum Gasteiger partial charge on any atom is -0.376 e. The normalized spacial score (nSPS) is 16.8. The van der Waals surface area contributed by atoms with Gasteiger partial charge in [-0.2, -0.15) is 0 Å². The standard InChI is InChI=1S/C19H25N5O2/c1-23(2)9-10-24(14-17-4-3-11-26-17)19(25)16-12-21-18(22-13-16)15-5-7-20-8-6-15/h5-8,12-13,17H,3-4,9-11,14H2,1-2H3. The Bertz CT molecular complexity index is 700. The highest BCUT2D eigenvalue weighted by atomic mass is 16.5. The summed E-state index contributed by atoms with van der Waals surface area (Å²) in [5.41, 5.74) is 1.38. The van der Waals surface area contributed by atoms with Crippen molar-refractivity contribution in [2.45, 2.75) is 18.9 Å². The van der Waals surface area contributed by atoms with Crippen molar-refractivity contribution in [3.63, 3.8) is 0 Å². The predicted molar refractivity (Wildman–Crippen MR) is 98.7 cm³/mol. The molecule has 3 rings (SSSR count). The van der Waals surface area contributed by atoms with E-state index in [1.165, 1.54) is 0 Å². The van der Waals surface area contributed by atoms with Crippen LogP contribution in [0.2, 0.25) is 0 Å². The van der Waals surface area contributed by atoms with E-state index in [-0.39, 0.29) is 12.0 Å². The number of hydrogen-bond acceptors (Lipinski definition) is 6. The Morgan fingerprint density at radius 3 is 2.54 bits per heavy atom. The number of carbonyl (C=O) groups excluding carboxylic acids is 1. The number of rotatable bonds is 7. The third-order valence-corrected chi connectivity index (χ3v) is 4.39. The second kappa shape index (κ2) is 8.82. The first-order valence-corrected chi connectivity index (χ1v) is 8.91. The van der Waals surface area contributed by atoms with Crippen LogP contribution in [0.5, 0.6) is 0 Å². The van der Waals surface area contributed by atoms with Gasteiger partial charge in [0.1, 0.15) is 0 Å². The van der Waals surface area contributed by atoms with Crippen molar-refractivity contribution in [1.82, 2.24) is 24.8 Å². The van der Waals surface area contributed by atoms with Gasteiger partial charge >= 0.3 is 0 Å². The van der Waals surface area contributed by atoms with E-state index in [0.717, 1.165) is 31.6 Å². The third-order valence-electron chi connectivity index (χ3n) is 4.39. The minimum atomic E-state index is -0.0522. The number of hydrogen-bond donors (Lipinski definition) is 0. The Kier molecular flexibility index (Phi) is 6.25. The van der Waals surface area contributed by atoms with E-state index in [4.69, 9.17) is 4.74 Å². The molecule has 3 heterocycles. The molecule has 1 unspecified atom stereocenters. The van der Waals surface area contributed by atoms with E-state index >= 15 is 0 Å². The average Bonchev–Trinajstić information content (AvgIpc) is 3.18. The van der Waals surface area contributed by atoms with E-state index in [1.807, 2.05) is 31.1 Å². The SMILES string of the molecule is CN(C)CCN(CC1CCCO1)C(=O)c1cnc(-c2ccncc2)nc1. The van der Waals surface area contributed by atoms with Crippen LogP contribution in [0.4, 0.5) is 0 Å². The molecule has 1 aliphatic heterocycles. The van der Waals surface area contributed by atoms with Gasteiger partial charge in [0, 0.05) is 56.6 Å². The molecule has 0 aromatic carbocycles. The van der Waals surface area contributed by atoms with Gasteiger partial charge in [-0.15, -0.1) is 0 Å². The molecule has 7 heteroatoms. The smallest absolute Gasteiger partial charge is 0.257 e. The second-order valence-corrected chi connectivity index (χ2v) is 6.72. The molecule has 1 fully saturated rings. The summed E-state index contributed by atoms with van der Waals surface area (Å²) < 4.78 is 5.71. The molecule has 0 spiro atoms. The maximum Gasteiger partial charge on any atom is 0.257 e. The van der Waals surface area contributed by atoms with Crippen LogP contribution in [0.3, 0.4) is 0 Å². The predicted octanol–water partition coefficient (Wildman–Crippen LogP) is 1.72. The summed E-state index contributed by atoms with van der Waals surface area (Å²) >= 11 is 0. The summed E-state index contributed by atoms with van der Waals surface area (Å²) in [5.74, 6) is 0.534. The van der Waals surface area contributed by atoms with Gasteiger partial charge < -0.3 is 14.5 Å². The molecule has 2 aromatic rings. The Morgan fingerprint density at radius 2 is 1.92 bits per heavy atom. The molecule has 1 saturated heterocycles. The molecule has 138 valence electrons. The van der Waals surface area contributed by atoms with Gasteiger partial charge in [-0.1, -0.05) is 0 Å². The number of likely N-dealkylation sites (N-methyl/N-ethyl adjacent to an activating group) is 1. The third kappa shape index (κ3) is 4.83. The molecule has 0 aliphatic carbocycles. The van der Waals surface area contributed by atoms with Crippen molar-refractivity contribution in [3.8, 4) is 11.4 Å². The van der Waals surface area contributed by atoms with Gasteiger partial charge in [0.2, 0.25) is 0 Å². The van der Waals surface area contributed by atoms with Gasteiger partial charge in [-0.25, -0.2) is 9.97 Å². The molecule has 26 heavy (non-hydrogen) atoms. The van der Waals surface area contributed by atoms with Gasteiger partial charge in [0.05, 0.1) is 11.7 Å². The number of ether oxygens (including phenoxy) is 1. The van der Waals surface area contributed by atoms with Crippen LogP contribution in [0.15, 0.2) is 36.9 Å². The van der Waals surface area contributed by atoms with Crippen LogP contribution < -0.4 is 0 Å². The zero-order valence-corrected chi connectivity index (χ0v) is 15.3. The highest BCUT2D eigenvalue weighted by molar-refractivity contribution is 5.93. The lowest BCUT2D eigenvalue weighted by Crippen LogP contribution is -2.41. The number of pyridine rings is 1. The summed E-state index contributed by atoms with van der Waals surface area (Å²) in [7, 11) is 4.00. The number of carbonyl (C=O) groups is 1. The van der Waals surface area contributed by atoms with E-state index < -0.39 is 0 Å². The van der Waals surface area contributed by atoms with Gasteiger partial charge in [0.15, 0.2) is 5.82 Å². The molecule has 1 atom stereocenters. The van der Waals surface area contributed by atoms with Crippen LogP contribution in [0, 0.1) is 0 Å². The van der Waals surface area contributed by atoms with Crippen LogP contribution in [-0.4, -0.2) is 77.1 Å². The topological polar surface area (TPSA) is 71.5 Å². The lowest BCUT2D eigenvalue weighted by molar-refractivity contribution is 0.0511. The molecule has 0 bridgehead atoms. The van der Waals surface area contributed by atoms with E-state index in [9.17, 15) is 4.79 Å². The summed E-state index contributed by atoms with van der Waals surface area (Å²) in [5, 5.41) is 0. The molecule has 1 aliphatic rings. The average molecular weight is 355 g/mol. The van der Waals surface area contributed by atoms with Crippen molar-refractivity contribution >= 4 is 5.91 Å². The van der Waals surface area contributed by atoms with Crippen molar-refractivity contribution in [2.24, 2.45) is 0 Å². The Labute approximate surface area is 154 Å². The fraction of sp³-hybridized carbons (Fsp3) is 0.474. The highest BCUT2D eigenvalue weighted by Crippen LogP contribution is 2.16. The molecule has 0 saturated carbocycles. The zero-order valence-electron chi connectivity index (χ0n) is 15.3. The molecule has 7 nitrogen and oxygen atoms in total. The second-order valence-electron chi connectivity index (χ2n) is 6.72. The zero-order chi connectivity index (χ0) is 18.4. The van der Waals surface area contributed by atoms with E-state index in [0.29, 0.717) is 24.5 Å². The highest BCUT2D eigenvalue weighted by Gasteiger charge is 2.24. The first-order valence-electron chi connectivity index (χ1n) is 8.91. The fourth-order valence-electron chi connectivity index (χ4n) is 2.90. The van der Waals surface area contributed by atoms with Crippen LogP contribution in [0.25, 0.3) is 11.4 Å². The van der Waals surface area contributed by atoms with Crippen molar-refractivity contribution in [1.29, 1.82) is 0 Å². The van der Waals surface area contributed by atoms with E-state index in [2.05, 4.69) is 19.9 Å².